The van der Waals surface area contributed by atoms with Gasteiger partial charge < -0.3 is 11.2 Å². The van der Waals surface area contributed by atoms with Crippen LogP contribution in [0, 0.1) is 6.92 Å². The van der Waals surface area contributed by atoms with Gasteiger partial charge in [0.1, 0.15) is 0 Å². The van der Waals surface area contributed by atoms with E-state index in [9.17, 15) is 0 Å². The Morgan fingerprint density at radius 1 is 1.80 bits per heavy atom. The van der Waals surface area contributed by atoms with Crippen LogP contribution in [0.4, 0.5) is 0 Å². The van der Waals surface area contributed by atoms with Crippen molar-refractivity contribution in [2.75, 3.05) is 6.61 Å². The normalized spacial score (nSPS) is 6.00. The fourth-order valence-corrected chi connectivity index (χ4v) is 0. The van der Waals surface area contributed by atoms with Crippen molar-refractivity contribution in [3.05, 3.63) is 6.92 Å². The third-order valence-electron chi connectivity index (χ3n) is 0.0772. The number of hydrogen-bond acceptors (Lipinski definition) is 1. The van der Waals surface area contributed by atoms with Gasteiger partial charge in [0.05, 0.1) is 11.9 Å². The topological polar surface area (TPSA) is 9.23 Å². The SMILES string of the molecule is [CH2-]COCl.[Y+3]. The molecule has 1 nitrogen and oxygen atoms in total. The maximum absolute atomic E-state index is 4.62. The van der Waals surface area contributed by atoms with Crippen LogP contribution in [0.15, 0.2) is 0 Å². The molecule has 26 valence electrons. The van der Waals surface area contributed by atoms with E-state index in [1.54, 1.807) is 0 Å². The molecule has 0 aromatic carbocycles. The van der Waals surface area contributed by atoms with Gasteiger partial charge in [-0.15, -0.1) is 0 Å². The Morgan fingerprint density at radius 3 is 2.00 bits per heavy atom. The molecule has 0 saturated heterocycles. The van der Waals surface area contributed by atoms with Crippen LogP contribution in [0.3, 0.4) is 0 Å². The van der Waals surface area contributed by atoms with Gasteiger partial charge in [-0.05, 0) is 0 Å². The summed E-state index contributed by atoms with van der Waals surface area (Å²) in [5, 5.41) is 0. The van der Waals surface area contributed by atoms with E-state index in [4.69, 9.17) is 0 Å². The molecule has 0 bridgehead atoms. The molecule has 0 amide bonds. The molecular weight excluding hydrogens is 164 g/mol. The van der Waals surface area contributed by atoms with Crippen molar-refractivity contribution in [3.63, 3.8) is 0 Å². The van der Waals surface area contributed by atoms with Crippen LogP contribution in [-0.2, 0) is 37.0 Å². The Kier molecular flexibility index (Phi) is 17.3. The summed E-state index contributed by atoms with van der Waals surface area (Å²) in [5.74, 6) is 0. The van der Waals surface area contributed by atoms with Gasteiger partial charge in [-0.1, -0.05) is 6.61 Å². The minimum atomic E-state index is 0. The Balaban J connectivity index is 0. The van der Waals surface area contributed by atoms with Gasteiger partial charge in [0.2, 0.25) is 0 Å². The van der Waals surface area contributed by atoms with Gasteiger partial charge >= 0.3 is 32.7 Å². The third-order valence-corrected chi connectivity index (χ3v) is 0.231. The van der Waals surface area contributed by atoms with E-state index >= 15 is 0 Å². The molecule has 0 rings (SSSR count). The van der Waals surface area contributed by atoms with Gasteiger partial charge in [-0.25, -0.2) is 0 Å². The molecule has 0 N–H and O–H groups in total. The number of halogens is 1. The Morgan fingerprint density at radius 2 is 2.00 bits per heavy atom. The Hall–Kier alpha value is 1.35. The van der Waals surface area contributed by atoms with E-state index in [1.165, 1.54) is 0 Å². The van der Waals surface area contributed by atoms with Gasteiger partial charge in [-0.2, -0.15) is 0 Å². The molecule has 5 heavy (non-hydrogen) atoms. The maximum atomic E-state index is 4.62. The van der Waals surface area contributed by atoms with E-state index < -0.39 is 0 Å². The Labute approximate surface area is 62.1 Å². The van der Waals surface area contributed by atoms with Gasteiger partial charge in [0.25, 0.3) is 0 Å². The summed E-state index contributed by atoms with van der Waals surface area (Å²) >= 11 is 4.62. The molecule has 0 aromatic rings. The van der Waals surface area contributed by atoms with Crippen molar-refractivity contribution in [2.24, 2.45) is 0 Å². The minimum Gasteiger partial charge on any atom is -0.316 e. The van der Waals surface area contributed by atoms with Crippen LogP contribution in [-0.4, -0.2) is 6.61 Å². The first-order valence-electron chi connectivity index (χ1n) is 0.943. The van der Waals surface area contributed by atoms with Gasteiger partial charge in [0, 0.05) is 0 Å². The molecule has 0 radical (unpaired) electrons. The fourth-order valence-electron chi connectivity index (χ4n) is 0. The van der Waals surface area contributed by atoms with Crippen molar-refractivity contribution < 1.29 is 37.0 Å². The smallest absolute Gasteiger partial charge is 0.316 e. The molecule has 0 fully saturated rings. The van der Waals surface area contributed by atoms with Gasteiger partial charge in [0.15, 0.2) is 0 Å². The van der Waals surface area contributed by atoms with Crippen LogP contribution < -0.4 is 0 Å². The van der Waals surface area contributed by atoms with Crippen molar-refractivity contribution in [2.45, 2.75) is 0 Å². The van der Waals surface area contributed by atoms with Crippen LogP contribution in [0.25, 0.3) is 0 Å². The molecule has 0 unspecified atom stereocenters. The first-order valence-corrected chi connectivity index (χ1v) is 1.25. The van der Waals surface area contributed by atoms with E-state index in [2.05, 4.69) is 23.1 Å². The predicted molar refractivity (Wildman–Crippen MR) is 17.2 cm³/mol. The van der Waals surface area contributed by atoms with Crippen LogP contribution >= 0.6 is 11.9 Å². The molecule has 0 aromatic heterocycles. The van der Waals surface area contributed by atoms with Crippen molar-refractivity contribution in [1.29, 1.82) is 0 Å². The summed E-state index contributed by atoms with van der Waals surface area (Å²) in [7, 11) is 0. The van der Waals surface area contributed by atoms with Crippen molar-refractivity contribution in [1.82, 2.24) is 0 Å². The molecule has 0 aliphatic heterocycles. The Bertz CT molecular complexity index is 11.6. The van der Waals surface area contributed by atoms with Crippen LogP contribution in [0.2, 0.25) is 0 Å². The molecule has 0 spiro atoms. The summed E-state index contributed by atoms with van der Waals surface area (Å²) in [5.41, 5.74) is 0. The zero-order chi connectivity index (χ0) is 3.41. The first-order chi connectivity index (χ1) is 1.91. The second-order valence-corrected chi connectivity index (χ2v) is 0.531. The zero-order valence-electron chi connectivity index (χ0n) is 2.78. The number of hydrogen-bond donors (Lipinski definition) is 0. The summed E-state index contributed by atoms with van der Waals surface area (Å²) in [6.45, 7) is 3.58. The molecule has 0 atom stereocenters. The second-order valence-electron chi connectivity index (χ2n) is 0.313. The molecule has 0 heterocycles. The first kappa shape index (κ1) is 9.61. The monoisotopic (exact) mass is 168 g/mol. The second kappa shape index (κ2) is 9.02. The summed E-state index contributed by atoms with van der Waals surface area (Å²) in [6.07, 6.45) is 0. The zero-order valence-corrected chi connectivity index (χ0v) is 6.37. The van der Waals surface area contributed by atoms with Gasteiger partial charge in [-0.3, -0.25) is 0 Å². The molecule has 0 aliphatic rings. The quantitative estimate of drug-likeness (QED) is 0.531. The standard InChI is InChI=1S/C2H4ClO.Y/c1-2-4-3;/h1-2H2;/q-1;+3. The van der Waals surface area contributed by atoms with E-state index in [0.717, 1.165) is 0 Å². The van der Waals surface area contributed by atoms with Crippen molar-refractivity contribution >= 4 is 11.9 Å². The average Bonchev–Trinajstić information content (AvgIpc) is 1.37. The van der Waals surface area contributed by atoms with E-state index in [1.807, 2.05) is 0 Å². The van der Waals surface area contributed by atoms with Crippen molar-refractivity contribution in [3.8, 4) is 0 Å². The molecular formula is C2H4ClOY+2. The van der Waals surface area contributed by atoms with E-state index in [-0.39, 0.29) is 32.7 Å². The maximum Gasteiger partial charge on any atom is 3.00 e. The molecule has 0 aliphatic carbocycles. The summed E-state index contributed by atoms with van der Waals surface area (Å²) in [4.78, 5) is 0. The summed E-state index contributed by atoms with van der Waals surface area (Å²) in [6, 6.07) is 0. The predicted octanol–water partition coefficient (Wildman–Crippen LogP) is 0.988. The summed E-state index contributed by atoms with van der Waals surface area (Å²) < 4.78 is 3.90. The largest absolute Gasteiger partial charge is 3.00 e. The van der Waals surface area contributed by atoms with E-state index in [0.29, 0.717) is 6.61 Å². The minimum absolute atomic E-state index is 0. The van der Waals surface area contributed by atoms with Crippen LogP contribution in [0.5, 0.6) is 0 Å². The van der Waals surface area contributed by atoms with Crippen LogP contribution in [0.1, 0.15) is 0 Å². The number of rotatable bonds is 1. The third kappa shape index (κ3) is 10.9. The molecule has 3 heteroatoms. The average molecular weight is 168 g/mol. The molecule has 0 saturated carbocycles. The fraction of sp³-hybridized carbons (Fsp3) is 0.500.